The lowest BCUT2D eigenvalue weighted by atomic mass is 10.1. The Kier molecular flexibility index (Phi) is 5.46. The maximum atomic E-state index is 12.0. The zero-order chi connectivity index (χ0) is 19.7. The lowest BCUT2D eigenvalue weighted by molar-refractivity contribution is 0.153. The molecule has 150 valence electrons. The van der Waals surface area contributed by atoms with Gasteiger partial charge >= 0.3 is 0 Å². The van der Waals surface area contributed by atoms with E-state index in [4.69, 9.17) is 0 Å². The smallest absolute Gasteiger partial charge is 0.254 e. The van der Waals surface area contributed by atoms with Gasteiger partial charge in [-0.3, -0.25) is 9.69 Å². The number of aliphatic hydroxyl groups excluding tert-OH is 1. The highest BCUT2D eigenvalue weighted by molar-refractivity contribution is 5.57. The number of aryl methyl sites for hydroxylation is 1. The topological polar surface area (TPSA) is 85.3 Å². The highest BCUT2D eigenvalue weighted by Crippen LogP contribution is 2.28. The molecule has 7 heteroatoms. The normalized spacial score (nSPS) is 22.9. The first-order chi connectivity index (χ1) is 13.6. The van der Waals surface area contributed by atoms with Crippen molar-refractivity contribution in [3.8, 4) is 11.4 Å². The molecule has 0 aliphatic carbocycles. The van der Waals surface area contributed by atoms with E-state index in [0.717, 1.165) is 56.0 Å². The SMILES string of the molecule is Cc1nc(-c2ccc(N3CCCC3CN3CCCC3CO)nc2)[nH]c(=O)c1C. The third-order valence-electron chi connectivity index (χ3n) is 6.24. The number of hydrogen-bond donors (Lipinski definition) is 2. The predicted octanol–water partition coefficient (Wildman–Crippen LogP) is 1.87. The Hall–Kier alpha value is -2.25. The third-order valence-corrected chi connectivity index (χ3v) is 6.24. The van der Waals surface area contributed by atoms with Crippen LogP contribution in [0.3, 0.4) is 0 Å². The molecule has 28 heavy (non-hydrogen) atoms. The molecule has 2 aromatic heterocycles. The molecule has 4 rings (SSSR count). The first-order valence-corrected chi connectivity index (χ1v) is 10.2. The molecule has 0 saturated carbocycles. The number of pyridine rings is 1. The van der Waals surface area contributed by atoms with E-state index in [9.17, 15) is 9.90 Å². The van der Waals surface area contributed by atoms with Gasteiger partial charge in [0.2, 0.25) is 0 Å². The monoisotopic (exact) mass is 383 g/mol. The summed E-state index contributed by atoms with van der Waals surface area (Å²) in [7, 11) is 0. The zero-order valence-electron chi connectivity index (χ0n) is 16.7. The Labute approximate surface area is 165 Å². The molecule has 2 saturated heterocycles. The van der Waals surface area contributed by atoms with Gasteiger partial charge in [0.15, 0.2) is 0 Å². The van der Waals surface area contributed by atoms with E-state index in [-0.39, 0.29) is 12.2 Å². The van der Waals surface area contributed by atoms with Crippen LogP contribution >= 0.6 is 0 Å². The van der Waals surface area contributed by atoms with Crippen molar-refractivity contribution < 1.29 is 5.11 Å². The number of aromatic nitrogens is 3. The van der Waals surface area contributed by atoms with Crippen molar-refractivity contribution in [1.29, 1.82) is 0 Å². The van der Waals surface area contributed by atoms with Gasteiger partial charge in [0, 0.05) is 48.2 Å². The van der Waals surface area contributed by atoms with Crippen LogP contribution in [-0.2, 0) is 0 Å². The van der Waals surface area contributed by atoms with Gasteiger partial charge in [-0.25, -0.2) is 9.97 Å². The second-order valence-electron chi connectivity index (χ2n) is 7.99. The standard InChI is InChI=1S/C21H29N5O2/c1-14-15(2)23-20(24-21(14)28)16-7-8-19(22-11-16)26-10-4-5-17(26)12-25-9-3-6-18(25)13-27/h7-8,11,17-18,27H,3-6,9-10,12-13H2,1-2H3,(H,23,24,28). The van der Waals surface area contributed by atoms with E-state index >= 15 is 0 Å². The van der Waals surface area contributed by atoms with Crippen molar-refractivity contribution in [2.45, 2.75) is 51.6 Å². The summed E-state index contributed by atoms with van der Waals surface area (Å²) in [5.74, 6) is 1.53. The lowest BCUT2D eigenvalue weighted by Crippen LogP contribution is -2.43. The first-order valence-electron chi connectivity index (χ1n) is 10.2. The van der Waals surface area contributed by atoms with E-state index in [2.05, 4.69) is 24.8 Å². The fourth-order valence-electron chi connectivity index (χ4n) is 4.42. The molecule has 2 aromatic rings. The molecule has 7 nitrogen and oxygen atoms in total. The number of nitrogens with zero attached hydrogens (tertiary/aromatic N) is 4. The van der Waals surface area contributed by atoms with Crippen molar-refractivity contribution in [3.05, 3.63) is 39.9 Å². The third kappa shape index (κ3) is 3.69. The summed E-state index contributed by atoms with van der Waals surface area (Å²) >= 11 is 0. The van der Waals surface area contributed by atoms with Crippen LogP contribution in [0.2, 0.25) is 0 Å². The number of likely N-dealkylation sites (tertiary alicyclic amines) is 1. The predicted molar refractivity (Wildman–Crippen MR) is 110 cm³/mol. The zero-order valence-corrected chi connectivity index (χ0v) is 16.7. The Morgan fingerprint density at radius 3 is 2.68 bits per heavy atom. The number of hydrogen-bond acceptors (Lipinski definition) is 6. The molecule has 2 unspecified atom stereocenters. The number of aliphatic hydroxyl groups is 1. The minimum Gasteiger partial charge on any atom is -0.395 e. The molecule has 2 aliphatic heterocycles. The van der Waals surface area contributed by atoms with Gasteiger partial charge in [-0.2, -0.15) is 0 Å². The van der Waals surface area contributed by atoms with Gasteiger partial charge in [0.05, 0.1) is 6.61 Å². The molecular weight excluding hydrogens is 354 g/mol. The molecule has 4 heterocycles. The first kappa shape index (κ1) is 19.1. The van der Waals surface area contributed by atoms with Gasteiger partial charge in [0.1, 0.15) is 11.6 Å². The Balaban J connectivity index is 1.51. The van der Waals surface area contributed by atoms with Crippen LogP contribution in [0.15, 0.2) is 23.1 Å². The summed E-state index contributed by atoms with van der Waals surface area (Å²) < 4.78 is 0. The Bertz CT molecular complexity index is 879. The summed E-state index contributed by atoms with van der Waals surface area (Å²) in [4.78, 5) is 28.8. The number of nitrogens with one attached hydrogen (secondary N) is 1. The van der Waals surface area contributed by atoms with E-state index in [1.807, 2.05) is 19.1 Å². The minimum atomic E-state index is -0.102. The summed E-state index contributed by atoms with van der Waals surface area (Å²) in [6, 6.07) is 4.75. The molecule has 2 atom stereocenters. The van der Waals surface area contributed by atoms with Crippen molar-refractivity contribution in [2.75, 3.05) is 31.1 Å². The highest BCUT2D eigenvalue weighted by Gasteiger charge is 2.31. The molecule has 0 amide bonds. The maximum absolute atomic E-state index is 12.0. The van der Waals surface area contributed by atoms with Crippen LogP contribution in [-0.4, -0.2) is 63.3 Å². The summed E-state index contributed by atoms with van der Waals surface area (Å²) in [5.41, 5.74) is 2.11. The molecule has 2 fully saturated rings. The van der Waals surface area contributed by atoms with Gasteiger partial charge in [-0.1, -0.05) is 0 Å². The van der Waals surface area contributed by atoms with E-state index in [0.29, 0.717) is 23.5 Å². The van der Waals surface area contributed by atoms with Crippen molar-refractivity contribution in [1.82, 2.24) is 19.9 Å². The summed E-state index contributed by atoms with van der Waals surface area (Å²) in [6.45, 7) is 6.95. The summed E-state index contributed by atoms with van der Waals surface area (Å²) in [6.07, 6.45) is 6.38. The van der Waals surface area contributed by atoms with Gasteiger partial charge in [-0.05, 0) is 58.2 Å². The van der Waals surface area contributed by atoms with E-state index in [1.54, 1.807) is 13.1 Å². The lowest BCUT2D eigenvalue weighted by Gasteiger charge is -2.32. The molecular formula is C21H29N5O2. The van der Waals surface area contributed by atoms with Crippen LogP contribution in [0.5, 0.6) is 0 Å². The second kappa shape index (κ2) is 8.01. The Morgan fingerprint density at radius 1 is 1.18 bits per heavy atom. The molecule has 2 aliphatic rings. The average molecular weight is 383 g/mol. The maximum Gasteiger partial charge on any atom is 0.254 e. The molecule has 2 N–H and O–H groups in total. The quantitative estimate of drug-likeness (QED) is 0.820. The van der Waals surface area contributed by atoms with Crippen molar-refractivity contribution in [2.24, 2.45) is 0 Å². The van der Waals surface area contributed by atoms with Gasteiger partial charge < -0.3 is 15.0 Å². The number of aromatic amines is 1. The van der Waals surface area contributed by atoms with Crippen LogP contribution in [0.1, 0.15) is 36.9 Å². The molecule has 0 radical (unpaired) electrons. The van der Waals surface area contributed by atoms with E-state index < -0.39 is 0 Å². The highest BCUT2D eigenvalue weighted by atomic mass is 16.3. The molecule has 0 spiro atoms. The van der Waals surface area contributed by atoms with Crippen LogP contribution in [0.4, 0.5) is 5.82 Å². The molecule has 0 bridgehead atoms. The van der Waals surface area contributed by atoms with Crippen LogP contribution in [0.25, 0.3) is 11.4 Å². The number of rotatable bonds is 5. The second-order valence-corrected chi connectivity index (χ2v) is 7.99. The van der Waals surface area contributed by atoms with Gasteiger partial charge in [0.25, 0.3) is 5.56 Å². The molecule has 0 aromatic carbocycles. The van der Waals surface area contributed by atoms with Gasteiger partial charge in [-0.15, -0.1) is 0 Å². The number of anilines is 1. The van der Waals surface area contributed by atoms with E-state index in [1.165, 1.54) is 6.42 Å². The van der Waals surface area contributed by atoms with Crippen molar-refractivity contribution in [3.63, 3.8) is 0 Å². The largest absolute Gasteiger partial charge is 0.395 e. The fourth-order valence-corrected chi connectivity index (χ4v) is 4.42. The number of H-pyrrole nitrogens is 1. The van der Waals surface area contributed by atoms with Crippen molar-refractivity contribution >= 4 is 5.82 Å². The summed E-state index contributed by atoms with van der Waals surface area (Å²) in [5, 5.41) is 9.59. The fraction of sp³-hybridized carbons (Fsp3) is 0.571. The van der Waals surface area contributed by atoms with Crippen LogP contribution < -0.4 is 10.5 Å². The Morgan fingerprint density at radius 2 is 1.96 bits per heavy atom. The van der Waals surface area contributed by atoms with Crippen LogP contribution in [0, 0.1) is 13.8 Å². The average Bonchev–Trinajstić information content (AvgIpc) is 3.35. The minimum absolute atomic E-state index is 0.102.